The smallest absolute Gasteiger partial charge is 0.232 e. The second-order valence-electron chi connectivity index (χ2n) is 6.44. The number of anilines is 2. The van der Waals surface area contributed by atoms with Crippen LogP contribution in [0.25, 0.3) is 0 Å². The molecule has 1 amide bonds. The molecule has 2 aromatic carbocycles. The number of benzene rings is 2. The standard InChI is InChI=1S/C19H21ClN2O3S/c1-14-7-8-16(20)13-18(14)22(26(2,24)25)12-10-19(23)21-11-9-15-5-3-4-6-17(15)21/h3-8,13H,9-12H2,1-2H3. The van der Waals surface area contributed by atoms with E-state index in [0.717, 1.165) is 29.5 Å². The summed E-state index contributed by atoms with van der Waals surface area (Å²) in [5.41, 5.74) is 3.36. The largest absolute Gasteiger partial charge is 0.312 e. The Kier molecular flexibility index (Phi) is 5.25. The molecule has 0 atom stereocenters. The number of rotatable bonds is 5. The molecule has 0 aliphatic carbocycles. The molecule has 0 aromatic heterocycles. The Morgan fingerprint density at radius 1 is 1.23 bits per heavy atom. The van der Waals surface area contributed by atoms with Crippen molar-refractivity contribution in [1.82, 2.24) is 0 Å². The summed E-state index contributed by atoms with van der Waals surface area (Å²) in [5.74, 6) is -0.0803. The minimum atomic E-state index is -3.53. The van der Waals surface area contributed by atoms with Gasteiger partial charge in [-0.2, -0.15) is 0 Å². The van der Waals surface area contributed by atoms with Crippen LogP contribution in [0.5, 0.6) is 0 Å². The highest BCUT2D eigenvalue weighted by molar-refractivity contribution is 7.92. The maximum absolute atomic E-state index is 12.7. The highest BCUT2D eigenvalue weighted by Gasteiger charge is 2.26. The Morgan fingerprint density at radius 3 is 2.69 bits per heavy atom. The lowest BCUT2D eigenvalue weighted by Gasteiger charge is -2.25. The van der Waals surface area contributed by atoms with Gasteiger partial charge < -0.3 is 4.90 Å². The molecule has 1 aliphatic rings. The van der Waals surface area contributed by atoms with Crippen LogP contribution in [0.2, 0.25) is 5.02 Å². The van der Waals surface area contributed by atoms with Crippen molar-refractivity contribution in [3.8, 4) is 0 Å². The van der Waals surface area contributed by atoms with Crippen molar-refractivity contribution in [2.24, 2.45) is 0 Å². The second kappa shape index (κ2) is 7.29. The van der Waals surface area contributed by atoms with Gasteiger partial charge in [0, 0.05) is 30.2 Å². The number of hydrogen-bond acceptors (Lipinski definition) is 3. The van der Waals surface area contributed by atoms with E-state index in [0.29, 0.717) is 17.3 Å². The normalized spacial score (nSPS) is 13.6. The van der Waals surface area contributed by atoms with E-state index in [1.54, 1.807) is 23.1 Å². The molecule has 7 heteroatoms. The maximum Gasteiger partial charge on any atom is 0.232 e. The third-order valence-electron chi connectivity index (χ3n) is 4.56. The van der Waals surface area contributed by atoms with Gasteiger partial charge in [-0.25, -0.2) is 8.42 Å². The summed E-state index contributed by atoms with van der Waals surface area (Å²) >= 11 is 6.04. The van der Waals surface area contributed by atoms with Gasteiger partial charge in [0.15, 0.2) is 0 Å². The average molecular weight is 393 g/mol. The van der Waals surface area contributed by atoms with Gasteiger partial charge in [-0.1, -0.05) is 35.9 Å². The average Bonchev–Trinajstić information content (AvgIpc) is 3.01. The fraction of sp³-hybridized carbons (Fsp3) is 0.316. The zero-order valence-corrected chi connectivity index (χ0v) is 16.3. The third kappa shape index (κ3) is 3.86. The molecule has 5 nitrogen and oxygen atoms in total. The van der Waals surface area contributed by atoms with Crippen molar-refractivity contribution < 1.29 is 13.2 Å². The molecule has 138 valence electrons. The van der Waals surface area contributed by atoms with Crippen molar-refractivity contribution >= 4 is 38.9 Å². The topological polar surface area (TPSA) is 57.7 Å². The van der Waals surface area contributed by atoms with Crippen molar-refractivity contribution in [2.45, 2.75) is 19.8 Å². The number of para-hydroxylation sites is 1. The predicted octanol–water partition coefficient (Wildman–Crippen LogP) is 3.39. The minimum absolute atomic E-state index is 0.0803. The molecular weight excluding hydrogens is 372 g/mol. The van der Waals surface area contributed by atoms with Crippen LogP contribution in [0.15, 0.2) is 42.5 Å². The summed E-state index contributed by atoms with van der Waals surface area (Å²) < 4.78 is 25.8. The van der Waals surface area contributed by atoms with Gasteiger partial charge in [-0.05, 0) is 42.7 Å². The van der Waals surface area contributed by atoms with Crippen molar-refractivity contribution in [3.05, 3.63) is 58.6 Å². The number of carbonyl (C=O) groups excluding carboxylic acids is 1. The third-order valence-corrected chi connectivity index (χ3v) is 5.97. The molecule has 1 aliphatic heterocycles. The highest BCUT2D eigenvalue weighted by atomic mass is 35.5. The fourth-order valence-corrected chi connectivity index (χ4v) is 4.39. The van der Waals surface area contributed by atoms with Crippen LogP contribution in [0.4, 0.5) is 11.4 Å². The SMILES string of the molecule is Cc1ccc(Cl)cc1N(CCC(=O)N1CCc2ccccc21)S(C)(=O)=O. The van der Waals surface area contributed by atoms with E-state index in [1.807, 2.05) is 31.2 Å². The molecule has 0 unspecified atom stereocenters. The lowest BCUT2D eigenvalue weighted by atomic mass is 10.2. The Morgan fingerprint density at radius 2 is 1.96 bits per heavy atom. The summed E-state index contributed by atoms with van der Waals surface area (Å²) in [6, 6.07) is 12.9. The van der Waals surface area contributed by atoms with Crippen LogP contribution in [-0.4, -0.2) is 33.7 Å². The molecule has 1 heterocycles. The molecule has 0 N–H and O–H groups in total. The van der Waals surface area contributed by atoms with Crippen LogP contribution in [0.1, 0.15) is 17.5 Å². The van der Waals surface area contributed by atoms with E-state index >= 15 is 0 Å². The van der Waals surface area contributed by atoms with Crippen molar-refractivity contribution in [3.63, 3.8) is 0 Å². The summed E-state index contributed by atoms with van der Waals surface area (Å²) in [6.45, 7) is 2.53. The van der Waals surface area contributed by atoms with Crippen LogP contribution in [-0.2, 0) is 21.2 Å². The van der Waals surface area contributed by atoms with Crippen molar-refractivity contribution in [2.75, 3.05) is 28.6 Å². The highest BCUT2D eigenvalue weighted by Crippen LogP contribution is 2.29. The monoisotopic (exact) mass is 392 g/mol. The van der Waals surface area contributed by atoms with Gasteiger partial charge in [0.25, 0.3) is 0 Å². The molecule has 0 saturated carbocycles. The molecule has 0 spiro atoms. The number of amides is 1. The molecule has 2 aromatic rings. The van der Waals surface area contributed by atoms with E-state index < -0.39 is 10.0 Å². The van der Waals surface area contributed by atoms with E-state index in [-0.39, 0.29) is 18.9 Å². The van der Waals surface area contributed by atoms with E-state index in [9.17, 15) is 13.2 Å². The Bertz CT molecular complexity index is 944. The van der Waals surface area contributed by atoms with Gasteiger partial charge in [0.05, 0.1) is 11.9 Å². The van der Waals surface area contributed by atoms with E-state index in [1.165, 1.54) is 4.31 Å². The molecule has 0 fully saturated rings. The van der Waals surface area contributed by atoms with Gasteiger partial charge >= 0.3 is 0 Å². The Hall–Kier alpha value is -2.05. The van der Waals surface area contributed by atoms with Crippen molar-refractivity contribution in [1.29, 1.82) is 0 Å². The Balaban J connectivity index is 1.79. The summed E-state index contributed by atoms with van der Waals surface area (Å²) in [5, 5.41) is 0.457. The zero-order valence-electron chi connectivity index (χ0n) is 14.8. The molecule has 0 saturated heterocycles. The van der Waals surface area contributed by atoms with Gasteiger partial charge in [-0.3, -0.25) is 9.10 Å². The number of aryl methyl sites for hydroxylation is 1. The maximum atomic E-state index is 12.7. The number of fused-ring (bicyclic) bond motifs is 1. The number of nitrogens with zero attached hydrogens (tertiary/aromatic N) is 2. The first kappa shape index (κ1) is 18.7. The second-order valence-corrected chi connectivity index (χ2v) is 8.78. The first-order valence-electron chi connectivity index (χ1n) is 8.39. The number of sulfonamides is 1. The van der Waals surface area contributed by atoms with E-state index in [2.05, 4.69) is 0 Å². The fourth-order valence-electron chi connectivity index (χ4n) is 3.25. The first-order chi connectivity index (χ1) is 12.3. The number of carbonyl (C=O) groups is 1. The minimum Gasteiger partial charge on any atom is -0.312 e. The van der Waals surface area contributed by atoms with E-state index in [4.69, 9.17) is 11.6 Å². The van der Waals surface area contributed by atoms with Crippen LogP contribution >= 0.6 is 11.6 Å². The molecule has 26 heavy (non-hydrogen) atoms. The molecule has 0 radical (unpaired) electrons. The zero-order chi connectivity index (χ0) is 18.9. The number of hydrogen-bond donors (Lipinski definition) is 0. The van der Waals surface area contributed by atoms with Crippen LogP contribution < -0.4 is 9.21 Å². The molecule has 0 bridgehead atoms. The lowest BCUT2D eigenvalue weighted by molar-refractivity contribution is -0.118. The van der Waals surface area contributed by atoms with Crippen LogP contribution in [0.3, 0.4) is 0 Å². The van der Waals surface area contributed by atoms with Gasteiger partial charge in [0.1, 0.15) is 0 Å². The lowest BCUT2D eigenvalue weighted by Crippen LogP contribution is -2.36. The quantitative estimate of drug-likeness (QED) is 0.783. The van der Waals surface area contributed by atoms with Gasteiger partial charge in [0.2, 0.25) is 15.9 Å². The summed E-state index contributed by atoms with van der Waals surface area (Å²) in [6.07, 6.45) is 2.07. The number of halogens is 1. The molecule has 3 rings (SSSR count). The summed E-state index contributed by atoms with van der Waals surface area (Å²) in [4.78, 5) is 14.4. The Labute approximate surface area is 159 Å². The predicted molar refractivity (Wildman–Crippen MR) is 105 cm³/mol. The van der Waals surface area contributed by atoms with Gasteiger partial charge in [-0.15, -0.1) is 0 Å². The van der Waals surface area contributed by atoms with Crippen LogP contribution in [0, 0.1) is 6.92 Å². The first-order valence-corrected chi connectivity index (χ1v) is 10.6. The summed E-state index contributed by atoms with van der Waals surface area (Å²) in [7, 11) is -3.53. The molecular formula is C19H21ClN2O3S.